The summed E-state index contributed by atoms with van der Waals surface area (Å²) in [5.74, 6) is -0.833. The van der Waals surface area contributed by atoms with Crippen molar-refractivity contribution in [2.75, 3.05) is 0 Å². The van der Waals surface area contributed by atoms with E-state index in [2.05, 4.69) is 35.0 Å². The Kier molecular flexibility index (Phi) is 5.47. The summed E-state index contributed by atoms with van der Waals surface area (Å²) in [6.07, 6.45) is 2.06. The van der Waals surface area contributed by atoms with E-state index < -0.39 is 5.97 Å². The fraction of sp³-hybridized carbons (Fsp3) is 0.0435. The minimum Gasteiger partial charge on any atom is -0.481 e. The van der Waals surface area contributed by atoms with Gasteiger partial charge in [0.2, 0.25) is 0 Å². The van der Waals surface area contributed by atoms with Gasteiger partial charge in [-0.25, -0.2) is 0 Å². The number of rotatable bonds is 3. The van der Waals surface area contributed by atoms with Crippen molar-refractivity contribution in [1.82, 2.24) is 4.57 Å². The molecule has 0 unspecified atom stereocenters. The van der Waals surface area contributed by atoms with Gasteiger partial charge in [-0.15, -0.1) is 0 Å². The topological polar surface area (TPSA) is 66.1 Å². The molecule has 1 heterocycles. The van der Waals surface area contributed by atoms with Crippen molar-refractivity contribution in [3.63, 3.8) is 0 Å². The molecule has 4 aromatic rings. The minimum atomic E-state index is -0.833. The number of aliphatic carboxylic acids is 1. The zero-order valence-electron chi connectivity index (χ0n) is 15.0. The van der Waals surface area contributed by atoms with E-state index in [1.165, 1.54) is 0 Å². The molecule has 0 amide bonds. The average Bonchev–Trinajstić information content (AvgIpc) is 3.08. The van der Waals surface area contributed by atoms with Crippen LogP contribution >= 0.6 is 0 Å². The van der Waals surface area contributed by atoms with E-state index in [4.69, 9.17) is 15.3 Å². The molecule has 134 valence electrons. The highest BCUT2D eigenvalue weighted by Crippen LogP contribution is 2.26. The van der Waals surface area contributed by atoms with Crippen molar-refractivity contribution in [3.8, 4) is 5.69 Å². The Morgan fingerprint density at radius 1 is 0.852 bits per heavy atom. The summed E-state index contributed by atoms with van der Waals surface area (Å²) >= 11 is 0. The first-order chi connectivity index (χ1) is 13.1. The molecule has 4 rings (SSSR count). The quantitative estimate of drug-likeness (QED) is 0.499. The van der Waals surface area contributed by atoms with E-state index in [-0.39, 0.29) is 0 Å². The first kappa shape index (κ1) is 18.1. The van der Waals surface area contributed by atoms with Crippen molar-refractivity contribution in [2.24, 2.45) is 0 Å². The third-order valence-electron chi connectivity index (χ3n) is 4.08. The van der Waals surface area contributed by atoms with Crippen LogP contribution in [0.3, 0.4) is 0 Å². The monoisotopic (exact) mass is 356 g/mol. The highest BCUT2D eigenvalue weighted by atomic mass is 16.4. The van der Waals surface area contributed by atoms with Crippen molar-refractivity contribution in [1.29, 1.82) is 5.41 Å². The Labute approximate surface area is 157 Å². The molecular formula is C23H20N2O2. The molecule has 0 aliphatic rings. The summed E-state index contributed by atoms with van der Waals surface area (Å²) in [6.45, 7) is 1.08. The molecule has 27 heavy (non-hydrogen) atoms. The molecule has 0 aliphatic carbocycles. The van der Waals surface area contributed by atoms with Crippen LogP contribution in [0.4, 0.5) is 0 Å². The lowest BCUT2D eigenvalue weighted by Gasteiger charge is -2.04. The lowest BCUT2D eigenvalue weighted by molar-refractivity contribution is -0.134. The van der Waals surface area contributed by atoms with E-state index in [0.29, 0.717) is 5.71 Å². The second-order valence-corrected chi connectivity index (χ2v) is 6.03. The van der Waals surface area contributed by atoms with Crippen LogP contribution in [0.25, 0.3) is 16.6 Å². The second kappa shape index (κ2) is 8.15. The van der Waals surface area contributed by atoms with E-state index in [0.717, 1.165) is 34.6 Å². The maximum absolute atomic E-state index is 9.00. The third kappa shape index (κ3) is 4.12. The normalized spacial score (nSPS) is 10.1. The minimum absolute atomic E-state index is 0.552. The van der Waals surface area contributed by atoms with Gasteiger partial charge in [0.25, 0.3) is 5.97 Å². The van der Waals surface area contributed by atoms with Gasteiger partial charge in [-0.1, -0.05) is 66.7 Å². The van der Waals surface area contributed by atoms with Crippen molar-refractivity contribution in [2.45, 2.75) is 6.92 Å². The van der Waals surface area contributed by atoms with Gasteiger partial charge in [0.15, 0.2) is 0 Å². The Hall–Kier alpha value is -3.66. The van der Waals surface area contributed by atoms with Gasteiger partial charge >= 0.3 is 0 Å². The summed E-state index contributed by atoms with van der Waals surface area (Å²) in [4.78, 5) is 9.00. The summed E-state index contributed by atoms with van der Waals surface area (Å²) in [6, 6.07) is 28.4. The first-order valence-electron chi connectivity index (χ1n) is 8.57. The van der Waals surface area contributed by atoms with E-state index >= 15 is 0 Å². The number of fused-ring (bicyclic) bond motifs is 1. The maximum atomic E-state index is 9.00. The Balaban J connectivity index is 0.000000481. The largest absolute Gasteiger partial charge is 0.481 e. The highest BCUT2D eigenvalue weighted by molar-refractivity contribution is 6.18. The van der Waals surface area contributed by atoms with Crippen LogP contribution in [0.5, 0.6) is 0 Å². The van der Waals surface area contributed by atoms with Crippen LogP contribution in [-0.2, 0) is 4.79 Å². The molecular weight excluding hydrogens is 336 g/mol. The van der Waals surface area contributed by atoms with Crippen LogP contribution in [0.2, 0.25) is 0 Å². The molecule has 4 nitrogen and oxygen atoms in total. The molecule has 0 saturated carbocycles. The zero-order chi connectivity index (χ0) is 19.2. The van der Waals surface area contributed by atoms with Crippen molar-refractivity contribution >= 4 is 22.6 Å². The van der Waals surface area contributed by atoms with Gasteiger partial charge in [0.1, 0.15) is 0 Å². The molecule has 0 spiro atoms. The third-order valence-corrected chi connectivity index (χ3v) is 4.08. The fourth-order valence-electron chi connectivity index (χ4n) is 2.94. The van der Waals surface area contributed by atoms with Gasteiger partial charge in [0.05, 0.1) is 11.2 Å². The van der Waals surface area contributed by atoms with E-state index in [1.807, 2.05) is 60.7 Å². The van der Waals surface area contributed by atoms with E-state index in [1.54, 1.807) is 0 Å². The Morgan fingerprint density at radius 2 is 1.37 bits per heavy atom. The molecule has 2 N–H and O–H groups in total. The predicted molar refractivity (Wildman–Crippen MR) is 109 cm³/mol. The van der Waals surface area contributed by atoms with Gasteiger partial charge < -0.3 is 9.67 Å². The average molecular weight is 356 g/mol. The van der Waals surface area contributed by atoms with Crippen molar-refractivity contribution in [3.05, 3.63) is 102 Å². The van der Waals surface area contributed by atoms with E-state index in [9.17, 15) is 0 Å². The summed E-state index contributed by atoms with van der Waals surface area (Å²) in [5.41, 5.74) is 4.67. The number of hydrogen-bond donors (Lipinski definition) is 2. The molecule has 0 bridgehead atoms. The summed E-state index contributed by atoms with van der Waals surface area (Å²) in [7, 11) is 0. The van der Waals surface area contributed by atoms with Crippen LogP contribution in [0, 0.1) is 5.41 Å². The standard InChI is InChI=1S/C21H16N2.C2H4O2/c22-21(16-9-3-1-4-10-16)19-15-23(17-11-5-2-6-12-17)20-14-8-7-13-18(19)20;1-2(3)4/h1-15,22H;1H3,(H,3,4). The molecule has 0 fully saturated rings. The van der Waals surface area contributed by atoms with Gasteiger partial charge in [-0.3, -0.25) is 10.2 Å². The number of nitrogens with zero attached hydrogens (tertiary/aromatic N) is 1. The number of aromatic nitrogens is 1. The van der Waals surface area contributed by atoms with Crippen LogP contribution < -0.4 is 0 Å². The molecule has 0 saturated heterocycles. The Morgan fingerprint density at radius 3 is 2.00 bits per heavy atom. The maximum Gasteiger partial charge on any atom is 0.300 e. The summed E-state index contributed by atoms with van der Waals surface area (Å²) in [5, 5.41) is 17.1. The summed E-state index contributed by atoms with van der Waals surface area (Å²) < 4.78 is 2.15. The van der Waals surface area contributed by atoms with Crippen LogP contribution in [0.15, 0.2) is 91.1 Å². The molecule has 0 radical (unpaired) electrons. The van der Waals surface area contributed by atoms with Gasteiger partial charge in [-0.05, 0) is 18.2 Å². The van der Waals surface area contributed by atoms with Crippen LogP contribution in [0.1, 0.15) is 18.1 Å². The number of hydrogen-bond acceptors (Lipinski definition) is 2. The lowest BCUT2D eigenvalue weighted by atomic mass is 10.0. The van der Waals surface area contributed by atoms with Gasteiger partial charge in [0, 0.05) is 35.3 Å². The van der Waals surface area contributed by atoms with Crippen LogP contribution in [-0.4, -0.2) is 21.4 Å². The molecule has 0 aliphatic heterocycles. The lowest BCUT2D eigenvalue weighted by Crippen LogP contribution is -2.00. The second-order valence-electron chi connectivity index (χ2n) is 6.03. The SMILES string of the molecule is CC(=O)O.N=C(c1ccccc1)c1cn(-c2ccccc2)c2ccccc12. The number of carboxylic acids is 1. The molecule has 4 heteroatoms. The van der Waals surface area contributed by atoms with Gasteiger partial charge in [-0.2, -0.15) is 0 Å². The number of carbonyl (C=O) groups is 1. The van der Waals surface area contributed by atoms with Crippen molar-refractivity contribution < 1.29 is 9.90 Å². The smallest absolute Gasteiger partial charge is 0.300 e. The number of para-hydroxylation sites is 2. The zero-order valence-corrected chi connectivity index (χ0v) is 15.0. The number of benzene rings is 3. The molecule has 1 aromatic heterocycles. The molecule has 3 aromatic carbocycles. The Bertz CT molecular complexity index is 1060. The molecule has 0 atom stereocenters. The number of carboxylic acid groups (broad SMARTS) is 1. The predicted octanol–water partition coefficient (Wildman–Crippen LogP) is 5.14. The number of nitrogens with one attached hydrogen (secondary N) is 1. The highest BCUT2D eigenvalue weighted by Gasteiger charge is 2.14. The fourth-order valence-corrected chi connectivity index (χ4v) is 2.94. The first-order valence-corrected chi connectivity index (χ1v) is 8.57.